The lowest BCUT2D eigenvalue weighted by atomic mass is 10.2. The standard InChI is InChI=1S/C14H18N4O2/c1-3-16-13-11(14(19)20-2)12(15)18(17-13)9-10-7-5-4-6-8-10/h4-8H,3,9,15H2,1-2H3,(H,16,17). The van der Waals surface area contributed by atoms with E-state index in [1.54, 1.807) is 4.68 Å². The average Bonchev–Trinajstić information content (AvgIpc) is 2.76. The van der Waals surface area contributed by atoms with Gasteiger partial charge in [0.05, 0.1) is 13.7 Å². The monoisotopic (exact) mass is 274 g/mol. The Hall–Kier alpha value is -2.50. The summed E-state index contributed by atoms with van der Waals surface area (Å²) in [5.41, 5.74) is 7.36. The molecule has 106 valence electrons. The maximum absolute atomic E-state index is 11.8. The summed E-state index contributed by atoms with van der Waals surface area (Å²) in [5, 5.41) is 7.37. The Morgan fingerprint density at radius 2 is 2.10 bits per heavy atom. The van der Waals surface area contributed by atoms with Gasteiger partial charge < -0.3 is 15.8 Å². The second-order valence-corrected chi connectivity index (χ2v) is 4.27. The number of anilines is 2. The molecule has 0 aliphatic heterocycles. The van der Waals surface area contributed by atoms with E-state index in [9.17, 15) is 4.79 Å². The van der Waals surface area contributed by atoms with Crippen LogP contribution in [-0.2, 0) is 11.3 Å². The third-order valence-corrected chi connectivity index (χ3v) is 2.90. The molecular weight excluding hydrogens is 256 g/mol. The van der Waals surface area contributed by atoms with Crippen molar-refractivity contribution < 1.29 is 9.53 Å². The second kappa shape index (κ2) is 6.10. The minimum Gasteiger partial charge on any atom is -0.465 e. The first-order valence-electron chi connectivity index (χ1n) is 6.39. The van der Waals surface area contributed by atoms with Crippen molar-refractivity contribution in [2.24, 2.45) is 0 Å². The smallest absolute Gasteiger partial charge is 0.345 e. The molecule has 0 aliphatic rings. The quantitative estimate of drug-likeness (QED) is 0.811. The number of carbonyl (C=O) groups is 1. The van der Waals surface area contributed by atoms with E-state index < -0.39 is 5.97 Å². The Morgan fingerprint density at radius 1 is 1.40 bits per heavy atom. The minimum atomic E-state index is -0.488. The highest BCUT2D eigenvalue weighted by atomic mass is 16.5. The molecule has 1 aromatic carbocycles. The lowest BCUT2D eigenvalue weighted by Gasteiger charge is -2.04. The van der Waals surface area contributed by atoms with Crippen LogP contribution in [0.5, 0.6) is 0 Å². The van der Waals surface area contributed by atoms with E-state index in [0.29, 0.717) is 24.7 Å². The zero-order valence-electron chi connectivity index (χ0n) is 11.6. The van der Waals surface area contributed by atoms with Crippen LogP contribution < -0.4 is 11.1 Å². The van der Waals surface area contributed by atoms with Crippen molar-refractivity contribution in [3.63, 3.8) is 0 Å². The van der Waals surface area contributed by atoms with Crippen molar-refractivity contribution in [3.8, 4) is 0 Å². The molecule has 2 aromatic rings. The van der Waals surface area contributed by atoms with E-state index >= 15 is 0 Å². The predicted octanol–water partition coefficient (Wildman–Crippen LogP) is 1.73. The number of nitrogen functional groups attached to an aromatic ring is 1. The maximum Gasteiger partial charge on any atom is 0.345 e. The van der Waals surface area contributed by atoms with Gasteiger partial charge in [0.15, 0.2) is 5.82 Å². The van der Waals surface area contributed by atoms with Crippen LogP contribution in [0, 0.1) is 0 Å². The number of nitrogens with one attached hydrogen (secondary N) is 1. The number of methoxy groups -OCH3 is 1. The molecule has 0 spiro atoms. The van der Waals surface area contributed by atoms with E-state index in [2.05, 4.69) is 10.4 Å². The van der Waals surface area contributed by atoms with Gasteiger partial charge in [0, 0.05) is 6.54 Å². The minimum absolute atomic E-state index is 0.283. The van der Waals surface area contributed by atoms with Crippen molar-refractivity contribution in [2.75, 3.05) is 24.7 Å². The first kappa shape index (κ1) is 13.9. The van der Waals surface area contributed by atoms with E-state index in [4.69, 9.17) is 10.5 Å². The van der Waals surface area contributed by atoms with Crippen LogP contribution in [0.3, 0.4) is 0 Å². The Balaban J connectivity index is 2.37. The number of carbonyl (C=O) groups excluding carboxylic acids is 1. The van der Waals surface area contributed by atoms with Crippen LogP contribution >= 0.6 is 0 Å². The number of benzene rings is 1. The number of esters is 1. The van der Waals surface area contributed by atoms with E-state index in [-0.39, 0.29) is 5.56 Å². The molecule has 3 N–H and O–H groups in total. The number of ether oxygens (including phenoxy) is 1. The summed E-state index contributed by atoms with van der Waals surface area (Å²) in [6, 6.07) is 9.79. The first-order chi connectivity index (χ1) is 9.67. The molecule has 0 atom stereocenters. The first-order valence-corrected chi connectivity index (χ1v) is 6.39. The van der Waals surface area contributed by atoms with Crippen molar-refractivity contribution in [1.82, 2.24) is 9.78 Å². The van der Waals surface area contributed by atoms with Crippen LogP contribution in [0.2, 0.25) is 0 Å². The molecule has 0 amide bonds. The van der Waals surface area contributed by atoms with E-state index in [1.165, 1.54) is 7.11 Å². The molecule has 0 unspecified atom stereocenters. The molecule has 6 nitrogen and oxygen atoms in total. The largest absolute Gasteiger partial charge is 0.465 e. The van der Waals surface area contributed by atoms with Gasteiger partial charge >= 0.3 is 5.97 Å². The Morgan fingerprint density at radius 3 is 2.70 bits per heavy atom. The molecule has 1 aromatic heterocycles. The van der Waals surface area contributed by atoms with Gasteiger partial charge in [-0.2, -0.15) is 5.10 Å². The summed E-state index contributed by atoms with van der Waals surface area (Å²) >= 11 is 0. The van der Waals surface area contributed by atoms with Crippen LogP contribution in [0.1, 0.15) is 22.8 Å². The van der Waals surface area contributed by atoms with Crippen LogP contribution in [0.4, 0.5) is 11.6 Å². The molecule has 0 fully saturated rings. The van der Waals surface area contributed by atoms with Gasteiger partial charge in [-0.25, -0.2) is 9.48 Å². The van der Waals surface area contributed by atoms with Gasteiger partial charge in [-0.15, -0.1) is 0 Å². The predicted molar refractivity (Wildman–Crippen MR) is 77.7 cm³/mol. The SMILES string of the molecule is CCNc1nn(Cc2ccccc2)c(N)c1C(=O)OC. The molecule has 6 heteroatoms. The molecule has 20 heavy (non-hydrogen) atoms. The summed E-state index contributed by atoms with van der Waals surface area (Å²) in [7, 11) is 1.33. The number of nitrogens with two attached hydrogens (primary N) is 1. The van der Waals surface area contributed by atoms with Crippen LogP contribution in [-0.4, -0.2) is 29.4 Å². The third-order valence-electron chi connectivity index (χ3n) is 2.90. The highest BCUT2D eigenvalue weighted by Gasteiger charge is 2.22. The normalized spacial score (nSPS) is 10.3. The molecule has 0 saturated carbocycles. The van der Waals surface area contributed by atoms with Gasteiger partial charge in [-0.1, -0.05) is 30.3 Å². The zero-order chi connectivity index (χ0) is 14.5. The van der Waals surface area contributed by atoms with Crippen LogP contribution in [0.15, 0.2) is 30.3 Å². The lowest BCUT2D eigenvalue weighted by molar-refractivity contribution is 0.0603. The number of rotatable bonds is 5. The summed E-state index contributed by atoms with van der Waals surface area (Å²) in [6.45, 7) is 3.07. The topological polar surface area (TPSA) is 82.2 Å². The fourth-order valence-electron chi connectivity index (χ4n) is 1.95. The Bertz CT molecular complexity index is 593. The van der Waals surface area contributed by atoms with Crippen LogP contribution in [0.25, 0.3) is 0 Å². The van der Waals surface area contributed by atoms with Crippen molar-refractivity contribution >= 4 is 17.6 Å². The zero-order valence-corrected chi connectivity index (χ0v) is 11.6. The Kier molecular flexibility index (Phi) is 4.24. The average molecular weight is 274 g/mol. The van der Waals surface area contributed by atoms with E-state index in [0.717, 1.165) is 5.56 Å². The fraction of sp³-hybridized carbons (Fsp3) is 0.286. The maximum atomic E-state index is 11.8. The number of aromatic nitrogens is 2. The fourth-order valence-corrected chi connectivity index (χ4v) is 1.95. The molecule has 0 bridgehead atoms. The summed E-state index contributed by atoms with van der Waals surface area (Å²) in [4.78, 5) is 11.8. The Labute approximate surface area is 117 Å². The van der Waals surface area contributed by atoms with Crippen molar-refractivity contribution in [3.05, 3.63) is 41.5 Å². The van der Waals surface area contributed by atoms with Gasteiger partial charge in [0.2, 0.25) is 0 Å². The third kappa shape index (κ3) is 2.74. The van der Waals surface area contributed by atoms with Gasteiger partial charge in [-0.05, 0) is 12.5 Å². The molecule has 2 rings (SSSR count). The lowest BCUT2D eigenvalue weighted by Crippen LogP contribution is -2.10. The van der Waals surface area contributed by atoms with Gasteiger partial charge in [0.1, 0.15) is 11.4 Å². The highest BCUT2D eigenvalue weighted by Crippen LogP contribution is 2.23. The number of hydrogen-bond acceptors (Lipinski definition) is 5. The summed E-state index contributed by atoms with van der Waals surface area (Å²) < 4.78 is 6.35. The summed E-state index contributed by atoms with van der Waals surface area (Å²) in [6.07, 6.45) is 0. The number of hydrogen-bond donors (Lipinski definition) is 2. The number of nitrogens with zero attached hydrogens (tertiary/aromatic N) is 2. The summed E-state index contributed by atoms with van der Waals surface area (Å²) in [5.74, 6) is 0.266. The van der Waals surface area contributed by atoms with Crippen molar-refractivity contribution in [2.45, 2.75) is 13.5 Å². The van der Waals surface area contributed by atoms with Crippen molar-refractivity contribution in [1.29, 1.82) is 0 Å². The molecule has 0 radical (unpaired) electrons. The molecule has 0 aliphatic carbocycles. The second-order valence-electron chi connectivity index (χ2n) is 4.27. The highest BCUT2D eigenvalue weighted by molar-refractivity contribution is 5.99. The van der Waals surface area contributed by atoms with Gasteiger partial charge in [0.25, 0.3) is 0 Å². The van der Waals surface area contributed by atoms with Gasteiger partial charge in [-0.3, -0.25) is 0 Å². The molecule has 1 heterocycles. The molecule has 0 saturated heterocycles. The molecular formula is C14H18N4O2. The van der Waals surface area contributed by atoms with E-state index in [1.807, 2.05) is 37.3 Å².